The first-order valence-corrected chi connectivity index (χ1v) is 7.67. The van der Waals surface area contributed by atoms with E-state index in [1.54, 1.807) is 43.4 Å². The molecule has 124 valence electrons. The molecule has 0 spiro atoms. The number of carbonyl (C=O) groups excluding carboxylic acids is 2. The molecule has 0 radical (unpaired) electrons. The van der Waals surface area contributed by atoms with Crippen LogP contribution < -0.4 is 20.1 Å². The van der Waals surface area contributed by atoms with E-state index in [0.29, 0.717) is 36.0 Å². The zero-order chi connectivity index (χ0) is 16.9. The number of hydrogen-bond acceptors (Lipinski definition) is 4. The van der Waals surface area contributed by atoms with Crippen LogP contribution >= 0.6 is 0 Å². The molecule has 6 nitrogen and oxygen atoms in total. The molecule has 0 aromatic heterocycles. The summed E-state index contributed by atoms with van der Waals surface area (Å²) < 4.78 is 11.0. The van der Waals surface area contributed by atoms with Crippen molar-refractivity contribution in [3.8, 4) is 11.5 Å². The molecule has 6 heteroatoms. The number of anilines is 1. The van der Waals surface area contributed by atoms with E-state index in [9.17, 15) is 9.59 Å². The topological polar surface area (TPSA) is 76.7 Å². The van der Waals surface area contributed by atoms with Gasteiger partial charge in [0.1, 0.15) is 13.2 Å². The molecular formula is C18H18N2O4. The number of carbonyl (C=O) groups is 2. The number of ether oxygens (including phenoxy) is 2. The highest BCUT2D eigenvalue weighted by Crippen LogP contribution is 2.31. The average molecular weight is 326 g/mol. The summed E-state index contributed by atoms with van der Waals surface area (Å²) in [6, 6.07) is 12.3. The highest BCUT2D eigenvalue weighted by molar-refractivity contribution is 6.03. The fraction of sp³-hybridized carbons (Fsp3) is 0.222. The summed E-state index contributed by atoms with van der Waals surface area (Å²) in [5.74, 6) is 0.890. The summed E-state index contributed by atoms with van der Waals surface area (Å²) in [7, 11) is 1.55. The van der Waals surface area contributed by atoms with Gasteiger partial charge in [-0.2, -0.15) is 0 Å². The van der Waals surface area contributed by atoms with Crippen molar-refractivity contribution in [1.29, 1.82) is 0 Å². The first kappa shape index (κ1) is 15.9. The van der Waals surface area contributed by atoms with Gasteiger partial charge in [0.25, 0.3) is 5.91 Å². The molecule has 24 heavy (non-hydrogen) atoms. The van der Waals surface area contributed by atoms with Gasteiger partial charge in [-0.25, -0.2) is 0 Å². The molecule has 2 amide bonds. The number of fused-ring (bicyclic) bond motifs is 1. The third-order valence-electron chi connectivity index (χ3n) is 3.64. The van der Waals surface area contributed by atoms with Gasteiger partial charge >= 0.3 is 0 Å². The Morgan fingerprint density at radius 2 is 1.79 bits per heavy atom. The number of hydrogen-bond donors (Lipinski definition) is 2. The lowest BCUT2D eigenvalue weighted by Crippen LogP contribution is -2.22. The summed E-state index contributed by atoms with van der Waals surface area (Å²) in [6.07, 6.45) is 0.179. The van der Waals surface area contributed by atoms with E-state index in [4.69, 9.17) is 9.47 Å². The van der Waals surface area contributed by atoms with E-state index in [2.05, 4.69) is 10.6 Å². The fourth-order valence-corrected chi connectivity index (χ4v) is 2.50. The molecule has 2 aromatic rings. The van der Waals surface area contributed by atoms with Gasteiger partial charge in [-0.15, -0.1) is 0 Å². The van der Waals surface area contributed by atoms with Crippen molar-refractivity contribution in [2.24, 2.45) is 0 Å². The molecular weight excluding hydrogens is 308 g/mol. The SMILES string of the molecule is CNC(=O)c1ccccc1NC(=O)Cc1ccc2c(c1)OCCO2. The van der Waals surface area contributed by atoms with Gasteiger partial charge < -0.3 is 20.1 Å². The highest BCUT2D eigenvalue weighted by atomic mass is 16.6. The van der Waals surface area contributed by atoms with E-state index >= 15 is 0 Å². The van der Waals surface area contributed by atoms with Crippen molar-refractivity contribution in [1.82, 2.24) is 5.32 Å². The molecule has 2 N–H and O–H groups in total. The van der Waals surface area contributed by atoms with Crippen LogP contribution in [0.1, 0.15) is 15.9 Å². The minimum absolute atomic E-state index is 0.179. The summed E-state index contributed by atoms with van der Waals surface area (Å²) in [6.45, 7) is 1.03. The summed E-state index contributed by atoms with van der Waals surface area (Å²) in [5.41, 5.74) is 1.73. The van der Waals surface area contributed by atoms with Gasteiger partial charge in [-0.05, 0) is 29.8 Å². The van der Waals surface area contributed by atoms with E-state index in [1.807, 2.05) is 6.07 Å². The van der Waals surface area contributed by atoms with E-state index in [0.717, 1.165) is 5.56 Å². The van der Waals surface area contributed by atoms with Crippen molar-refractivity contribution >= 4 is 17.5 Å². The van der Waals surface area contributed by atoms with Gasteiger partial charge in [0.05, 0.1) is 17.7 Å². The third kappa shape index (κ3) is 3.48. The van der Waals surface area contributed by atoms with E-state index in [-0.39, 0.29) is 18.2 Å². The number of amides is 2. The molecule has 0 saturated heterocycles. The standard InChI is InChI=1S/C18H18N2O4/c1-19-18(22)13-4-2-3-5-14(13)20-17(21)11-12-6-7-15-16(10-12)24-9-8-23-15/h2-7,10H,8-9,11H2,1H3,(H,19,22)(H,20,21). The Labute approximate surface area is 139 Å². The van der Waals surface area contributed by atoms with Crippen LogP contribution in [0.3, 0.4) is 0 Å². The average Bonchev–Trinajstić information content (AvgIpc) is 2.61. The van der Waals surface area contributed by atoms with E-state index in [1.165, 1.54) is 0 Å². The van der Waals surface area contributed by atoms with Gasteiger partial charge in [0.15, 0.2) is 11.5 Å². The normalized spacial score (nSPS) is 12.4. The Balaban J connectivity index is 1.71. The van der Waals surface area contributed by atoms with Gasteiger partial charge in [-0.1, -0.05) is 18.2 Å². The summed E-state index contributed by atoms with van der Waals surface area (Å²) in [4.78, 5) is 24.1. The zero-order valence-corrected chi connectivity index (χ0v) is 13.3. The Hall–Kier alpha value is -3.02. The lowest BCUT2D eigenvalue weighted by Gasteiger charge is -2.18. The lowest BCUT2D eigenvalue weighted by atomic mass is 10.1. The summed E-state index contributed by atoms with van der Waals surface area (Å²) in [5, 5.41) is 5.34. The molecule has 1 heterocycles. The Morgan fingerprint density at radius 1 is 1.04 bits per heavy atom. The molecule has 3 rings (SSSR count). The largest absolute Gasteiger partial charge is 0.486 e. The van der Waals surface area contributed by atoms with Crippen molar-refractivity contribution in [2.75, 3.05) is 25.6 Å². The zero-order valence-electron chi connectivity index (χ0n) is 13.3. The van der Waals surface area contributed by atoms with Crippen LogP contribution in [0.5, 0.6) is 11.5 Å². The van der Waals surface area contributed by atoms with Crippen LogP contribution in [0.15, 0.2) is 42.5 Å². The maximum atomic E-state index is 12.3. The monoisotopic (exact) mass is 326 g/mol. The molecule has 1 aliphatic rings. The van der Waals surface area contributed by atoms with Crippen molar-refractivity contribution in [2.45, 2.75) is 6.42 Å². The first-order chi connectivity index (χ1) is 11.7. The Kier molecular flexibility index (Phi) is 4.65. The van der Waals surface area contributed by atoms with Crippen LogP contribution in [0, 0.1) is 0 Å². The second kappa shape index (κ2) is 7.04. The van der Waals surface area contributed by atoms with E-state index < -0.39 is 0 Å². The first-order valence-electron chi connectivity index (χ1n) is 7.67. The molecule has 0 fully saturated rings. The molecule has 0 aliphatic carbocycles. The predicted octanol–water partition coefficient (Wildman–Crippen LogP) is 2.00. The summed E-state index contributed by atoms with van der Waals surface area (Å²) >= 11 is 0. The van der Waals surface area contributed by atoms with Crippen molar-refractivity contribution in [3.63, 3.8) is 0 Å². The van der Waals surface area contributed by atoms with Crippen LogP contribution in [0.2, 0.25) is 0 Å². The van der Waals surface area contributed by atoms with Crippen LogP contribution in [0.25, 0.3) is 0 Å². The van der Waals surface area contributed by atoms with Gasteiger partial charge in [0.2, 0.25) is 5.91 Å². The second-order valence-corrected chi connectivity index (χ2v) is 5.33. The molecule has 0 saturated carbocycles. The minimum atomic E-state index is -0.245. The fourth-order valence-electron chi connectivity index (χ4n) is 2.50. The molecule has 0 unspecified atom stereocenters. The van der Waals surface area contributed by atoms with Gasteiger partial charge in [0, 0.05) is 7.05 Å². The lowest BCUT2D eigenvalue weighted by molar-refractivity contribution is -0.115. The van der Waals surface area contributed by atoms with Crippen LogP contribution in [0.4, 0.5) is 5.69 Å². The molecule has 2 aromatic carbocycles. The van der Waals surface area contributed by atoms with Crippen LogP contribution in [-0.2, 0) is 11.2 Å². The number of benzene rings is 2. The highest BCUT2D eigenvalue weighted by Gasteiger charge is 2.15. The second-order valence-electron chi connectivity index (χ2n) is 5.33. The quantitative estimate of drug-likeness (QED) is 0.901. The molecule has 0 atom stereocenters. The number of para-hydroxylation sites is 1. The van der Waals surface area contributed by atoms with Crippen molar-refractivity contribution < 1.29 is 19.1 Å². The minimum Gasteiger partial charge on any atom is -0.486 e. The smallest absolute Gasteiger partial charge is 0.253 e. The number of nitrogens with one attached hydrogen (secondary N) is 2. The number of rotatable bonds is 4. The van der Waals surface area contributed by atoms with Crippen molar-refractivity contribution in [3.05, 3.63) is 53.6 Å². The Morgan fingerprint density at radius 3 is 2.58 bits per heavy atom. The Bertz CT molecular complexity index is 773. The van der Waals surface area contributed by atoms with Crippen LogP contribution in [-0.4, -0.2) is 32.1 Å². The molecule has 1 aliphatic heterocycles. The third-order valence-corrected chi connectivity index (χ3v) is 3.64. The maximum absolute atomic E-state index is 12.3. The predicted molar refractivity (Wildman–Crippen MR) is 89.6 cm³/mol. The maximum Gasteiger partial charge on any atom is 0.253 e. The van der Waals surface area contributed by atoms with Gasteiger partial charge in [-0.3, -0.25) is 9.59 Å². The molecule has 0 bridgehead atoms.